The molecular weight excluding hydrogens is 290 g/mol. The van der Waals surface area contributed by atoms with Crippen molar-refractivity contribution < 1.29 is 0 Å². The summed E-state index contributed by atoms with van der Waals surface area (Å²) in [6.07, 6.45) is 3.56. The molecule has 3 heterocycles. The molecule has 5 aromatic rings. The molecular formula is C18H11N3S. The van der Waals surface area contributed by atoms with E-state index >= 15 is 0 Å². The second kappa shape index (κ2) is 4.39. The fourth-order valence-electron chi connectivity index (χ4n) is 2.87. The summed E-state index contributed by atoms with van der Waals surface area (Å²) in [5, 5.41) is 2.38. The van der Waals surface area contributed by atoms with Gasteiger partial charge in [-0.1, -0.05) is 24.3 Å². The minimum absolute atomic E-state index is 0.973. The Balaban J connectivity index is 1.80. The molecule has 104 valence electrons. The predicted molar refractivity (Wildman–Crippen MR) is 92.2 cm³/mol. The average molecular weight is 301 g/mol. The first-order valence-corrected chi connectivity index (χ1v) is 7.91. The third-order valence-electron chi connectivity index (χ3n) is 3.96. The number of aromatic amines is 1. The first-order valence-electron chi connectivity index (χ1n) is 7.09. The highest BCUT2D eigenvalue weighted by atomic mass is 32.1. The molecule has 3 nitrogen and oxygen atoms in total. The zero-order valence-corrected chi connectivity index (χ0v) is 12.4. The Morgan fingerprint density at radius 2 is 1.91 bits per heavy atom. The van der Waals surface area contributed by atoms with Gasteiger partial charge in [0.2, 0.25) is 0 Å². The summed E-state index contributed by atoms with van der Waals surface area (Å²) < 4.78 is 1.31. The largest absolute Gasteiger partial charge is 0.343 e. The van der Waals surface area contributed by atoms with E-state index in [0.717, 1.165) is 21.9 Å². The third-order valence-corrected chi connectivity index (χ3v) is 5.13. The summed E-state index contributed by atoms with van der Waals surface area (Å²) in [6, 6.07) is 17.1. The number of rotatable bonds is 1. The van der Waals surface area contributed by atoms with E-state index < -0.39 is 0 Å². The highest BCUT2D eigenvalue weighted by molar-refractivity contribution is 7.22. The number of hydrogen-bond acceptors (Lipinski definition) is 3. The highest BCUT2D eigenvalue weighted by Crippen LogP contribution is 2.35. The number of H-pyrrole nitrogens is 1. The van der Waals surface area contributed by atoms with Crippen molar-refractivity contribution in [3.63, 3.8) is 0 Å². The molecule has 0 bridgehead atoms. The molecule has 0 spiro atoms. The first kappa shape index (κ1) is 11.9. The fraction of sp³-hybridized carbons (Fsp3) is 0. The van der Waals surface area contributed by atoms with Gasteiger partial charge in [-0.2, -0.15) is 0 Å². The molecule has 0 aliphatic heterocycles. The van der Waals surface area contributed by atoms with Crippen LogP contribution in [0.3, 0.4) is 0 Å². The van der Waals surface area contributed by atoms with Crippen LogP contribution in [0.1, 0.15) is 0 Å². The molecule has 0 fully saturated rings. The maximum absolute atomic E-state index is 4.49. The van der Waals surface area contributed by atoms with Crippen LogP contribution in [-0.4, -0.2) is 15.0 Å². The molecule has 3 aromatic heterocycles. The van der Waals surface area contributed by atoms with Crippen LogP contribution < -0.4 is 0 Å². The fourth-order valence-corrected chi connectivity index (χ4v) is 3.93. The maximum atomic E-state index is 4.49. The van der Waals surface area contributed by atoms with Gasteiger partial charge in [0, 0.05) is 15.0 Å². The topological polar surface area (TPSA) is 41.6 Å². The van der Waals surface area contributed by atoms with Crippen molar-refractivity contribution in [2.75, 3.05) is 0 Å². The van der Waals surface area contributed by atoms with E-state index in [1.54, 1.807) is 6.33 Å². The average Bonchev–Trinajstić information content (AvgIpc) is 3.20. The Bertz CT molecular complexity index is 1100. The summed E-state index contributed by atoms with van der Waals surface area (Å²) in [6.45, 7) is 0. The van der Waals surface area contributed by atoms with Crippen molar-refractivity contribution in [2.24, 2.45) is 0 Å². The Labute approximate surface area is 130 Å². The smallest absolute Gasteiger partial charge is 0.0992 e. The number of benzene rings is 2. The molecule has 0 atom stereocenters. The lowest BCUT2D eigenvalue weighted by Crippen LogP contribution is -1.82. The Kier molecular flexibility index (Phi) is 2.37. The van der Waals surface area contributed by atoms with E-state index in [1.807, 2.05) is 17.5 Å². The van der Waals surface area contributed by atoms with Gasteiger partial charge in [0.15, 0.2) is 0 Å². The van der Waals surface area contributed by atoms with Crippen LogP contribution in [0.4, 0.5) is 0 Å². The van der Waals surface area contributed by atoms with Gasteiger partial charge in [-0.3, -0.25) is 4.98 Å². The van der Waals surface area contributed by atoms with Gasteiger partial charge in [-0.15, -0.1) is 11.3 Å². The van der Waals surface area contributed by atoms with E-state index in [9.17, 15) is 0 Å². The van der Waals surface area contributed by atoms with Gasteiger partial charge >= 0.3 is 0 Å². The number of aromatic nitrogens is 3. The van der Waals surface area contributed by atoms with E-state index in [0.29, 0.717) is 0 Å². The number of pyridine rings is 1. The van der Waals surface area contributed by atoms with E-state index in [-0.39, 0.29) is 0 Å². The molecule has 22 heavy (non-hydrogen) atoms. The maximum Gasteiger partial charge on any atom is 0.0992 e. The Hall–Kier alpha value is -2.72. The first-order chi connectivity index (χ1) is 10.9. The Morgan fingerprint density at radius 1 is 0.955 bits per heavy atom. The third kappa shape index (κ3) is 1.68. The summed E-state index contributed by atoms with van der Waals surface area (Å²) in [4.78, 5) is 13.3. The van der Waals surface area contributed by atoms with Crippen molar-refractivity contribution in [3.05, 3.63) is 61.1 Å². The number of nitrogens with one attached hydrogen (secondary N) is 1. The normalized spacial score (nSPS) is 11.6. The van der Waals surface area contributed by atoms with Crippen LogP contribution in [0.5, 0.6) is 0 Å². The van der Waals surface area contributed by atoms with Crippen molar-refractivity contribution in [2.45, 2.75) is 0 Å². The summed E-state index contributed by atoms with van der Waals surface area (Å²) in [7, 11) is 0. The number of thiophene rings is 1. The predicted octanol–water partition coefficient (Wildman–Crippen LogP) is 4.99. The molecule has 0 aliphatic carbocycles. The molecule has 4 heteroatoms. The van der Waals surface area contributed by atoms with Gasteiger partial charge < -0.3 is 4.98 Å². The summed E-state index contributed by atoms with van der Waals surface area (Å²) in [5.74, 6) is 0. The molecule has 0 saturated heterocycles. The van der Waals surface area contributed by atoms with Crippen LogP contribution in [0, 0.1) is 0 Å². The molecule has 0 saturated carbocycles. The molecule has 2 aromatic carbocycles. The van der Waals surface area contributed by atoms with Crippen LogP contribution >= 0.6 is 11.3 Å². The summed E-state index contributed by atoms with van der Waals surface area (Å²) in [5.41, 5.74) is 4.14. The van der Waals surface area contributed by atoms with Crippen molar-refractivity contribution >= 4 is 43.4 Å². The molecule has 5 rings (SSSR count). The monoisotopic (exact) mass is 301 g/mol. The highest BCUT2D eigenvalue weighted by Gasteiger charge is 2.08. The van der Waals surface area contributed by atoms with Crippen molar-refractivity contribution in [1.29, 1.82) is 0 Å². The van der Waals surface area contributed by atoms with Crippen LogP contribution in [0.25, 0.3) is 42.5 Å². The SMILES string of the molecule is c1ccc2sc(-c3ccc4ncc5[nH]cnc5c4c3)cc2c1. The molecule has 0 amide bonds. The van der Waals surface area contributed by atoms with Crippen LogP contribution in [0.2, 0.25) is 0 Å². The zero-order chi connectivity index (χ0) is 14.5. The van der Waals surface area contributed by atoms with Crippen molar-refractivity contribution in [3.8, 4) is 10.4 Å². The lowest BCUT2D eigenvalue weighted by molar-refractivity contribution is 1.34. The van der Waals surface area contributed by atoms with E-state index in [4.69, 9.17) is 0 Å². The van der Waals surface area contributed by atoms with E-state index in [1.165, 1.54) is 20.5 Å². The van der Waals surface area contributed by atoms with E-state index in [2.05, 4.69) is 63.5 Å². The van der Waals surface area contributed by atoms with Gasteiger partial charge in [0.25, 0.3) is 0 Å². The van der Waals surface area contributed by atoms with Gasteiger partial charge in [-0.05, 0) is 35.2 Å². The van der Waals surface area contributed by atoms with Gasteiger partial charge in [0.1, 0.15) is 0 Å². The lowest BCUT2D eigenvalue weighted by atomic mass is 10.1. The second-order valence-corrected chi connectivity index (χ2v) is 6.39. The number of fused-ring (bicyclic) bond motifs is 4. The summed E-state index contributed by atoms with van der Waals surface area (Å²) >= 11 is 1.82. The molecule has 0 radical (unpaired) electrons. The molecule has 0 unspecified atom stereocenters. The quantitative estimate of drug-likeness (QED) is 0.474. The van der Waals surface area contributed by atoms with Gasteiger partial charge in [0.05, 0.1) is 29.1 Å². The number of imidazole rings is 1. The van der Waals surface area contributed by atoms with Crippen LogP contribution in [-0.2, 0) is 0 Å². The Morgan fingerprint density at radius 3 is 2.86 bits per heavy atom. The standard InChI is InChI=1S/C18H11N3S/c1-2-4-16-11(3-1)8-17(22-16)12-5-6-14-13(7-12)18-15(9-19-14)20-10-21-18/h1-10H,(H,20,21). The van der Waals surface area contributed by atoms with Gasteiger partial charge in [-0.25, -0.2) is 4.98 Å². The zero-order valence-electron chi connectivity index (χ0n) is 11.6. The molecule has 0 aliphatic rings. The second-order valence-electron chi connectivity index (χ2n) is 5.30. The lowest BCUT2D eigenvalue weighted by Gasteiger charge is -2.02. The minimum Gasteiger partial charge on any atom is -0.343 e. The number of hydrogen-bond donors (Lipinski definition) is 1. The minimum atomic E-state index is 0.973. The molecule has 1 N–H and O–H groups in total. The van der Waals surface area contributed by atoms with Crippen LogP contribution in [0.15, 0.2) is 61.1 Å². The number of nitrogens with zero attached hydrogens (tertiary/aromatic N) is 2. The van der Waals surface area contributed by atoms with Crippen molar-refractivity contribution in [1.82, 2.24) is 15.0 Å².